The van der Waals surface area contributed by atoms with Crippen molar-refractivity contribution in [2.45, 2.75) is 31.4 Å². The molecule has 0 aliphatic heterocycles. The zero-order valence-electron chi connectivity index (χ0n) is 13.3. The molecule has 118 valence electrons. The van der Waals surface area contributed by atoms with Crippen LogP contribution in [0.25, 0.3) is 0 Å². The first-order valence-corrected chi connectivity index (χ1v) is 8.64. The molecule has 1 aromatic carbocycles. The van der Waals surface area contributed by atoms with Gasteiger partial charge in [-0.1, -0.05) is 12.1 Å². The monoisotopic (exact) mass is 319 g/mol. The van der Waals surface area contributed by atoms with Crippen molar-refractivity contribution < 1.29 is 8.95 Å². The minimum Gasteiger partial charge on any atom is -0.472 e. The molecule has 0 N–H and O–H groups in total. The van der Waals surface area contributed by atoms with Gasteiger partial charge in [-0.2, -0.15) is 0 Å². The normalized spacial score (nSPS) is 12.2. The Labute approximate surface area is 133 Å². The fourth-order valence-electron chi connectivity index (χ4n) is 2.02. The summed E-state index contributed by atoms with van der Waals surface area (Å²) in [5, 5.41) is 0. The van der Waals surface area contributed by atoms with Gasteiger partial charge in [0, 0.05) is 47.9 Å². The SMILES string of the molecule is CC(C)Oc1nccnc1N(C)Cc1ccc(S(C)=O)cc1. The van der Waals surface area contributed by atoms with Gasteiger partial charge in [-0.15, -0.1) is 0 Å². The van der Waals surface area contributed by atoms with E-state index in [0.717, 1.165) is 10.5 Å². The van der Waals surface area contributed by atoms with Gasteiger partial charge in [-0.25, -0.2) is 9.97 Å². The third kappa shape index (κ3) is 4.27. The van der Waals surface area contributed by atoms with Crippen LogP contribution in [0.2, 0.25) is 0 Å². The van der Waals surface area contributed by atoms with E-state index >= 15 is 0 Å². The highest BCUT2D eigenvalue weighted by Gasteiger charge is 2.13. The molecule has 2 aromatic rings. The summed E-state index contributed by atoms with van der Waals surface area (Å²) in [5.74, 6) is 1.24. The number of benzene rings is 1. The number of aromatic nitrogens is 2. The highest BCUT2D eigenvalue weighted by atomic mass is 32.2. The molecular weight excluding hydrogens is 298 g/mol. The predicted molar refractivity (Wildman–Crippen MR) is 88.7 cm³/mol. The van der Waals surface area contributed by atoms with Crippen LogP contribution < -0.4 is 9.64 Å². The highest BCUT2D eigenvalue weighted by Crippen LogP contribution is 2.24. The second kappa shape index (κ2) is 7.35. The molecule has 0 spiro atoms. The van der Waals surface area contributed by atoms with Crippen molar-refractivity contribution >= 4 is 16.6 Å². The molecule has 6 heteroatoms. The van der Waals surface area contributed by atoms with Crippen LogP contribution in [0.4, 0.5) is 5.82 Å². The predicted octanol–water partition coefficient (Wildman–Crippen LogP) is 2.64. The Balaban J connectivity index is 2.15. The average molecular weight is 319 g/mol. The summed E-state index contributed by atoms with van der Waals surface area (Å²) >= 11 is 0. The van der Waals surface area contributed by atoms with E-state index in [1.54, 1.807) is 18.6 Å². The van der Waals surface area contributed by atoms with Gasteiger partial charge in [0.15, 0.2) is 5.82 Å². The first-order chi connectivity index (χ1) is 10.5. The summed E-state index contributed by atoms with van der Waals surface area (Å²) in [4.78, 5) is 11.4. The van der Waals surface area contributed by atoms with E-state index in [1.807, 2.05) is 50.1 Å². The Morgan fingerprint density at radius 3 is 2.41 bits per heavy atom. The summed E-state index contributed by atoms with van der Waals surface area (Å²) < 4.78 is 17.1. The van der Waals surface area contributed by atoms with Gasteiger partial charge in [0.25, 0.3) is 5.88 Å². The molecular formula is C16H21N3O2S. The van der Waals surface area contributed by atoms with Crippen molar-refractivity contribution in [3.63, 3.8) is 0 Å². The molecule has 0 amide bonds. The quantitative estimate of drug-likeness (QED) is 0.819. The molecule has 1 aromatic heterocycles. The van der Waals surface area contributed by atoms with Crippen LogP contribution >= 0.6 is 0 Å². The van der Waals surface area contributed by atoms with E-state index in [4.69, 9.17) is 4.74 Å². The largest absolute Gasteiger partial charge is 0.472 e. The smallest absolute Gasteiger partial charge is 0.257 e. The molecule has 1 unspecified atom stereocenters. The van der Waals surface area contributed by atoms with Crippen molar-refractivity contribution in [2.24, 2.45) is 0 Å². The van der Waals surface area contributed by atoms with E-state index < -0.39 is 10.8 Å². The van der Waals surface area contributed by atoms with Crippen molar-refractivity contribution in [1.82, 2.24) is 9.97 Å². The minimum absolute atomic E-state index is 0.0441. The van der Waals surface area contributed by atoms with Crippen LogP contribution in [0.3, 0.4) is 0 Å². The Morgan fingerprint density at radius 1 is 1.18 bits per heavy atom. The molecule has 22 heavy (non-hydrogen) atoms. The third-order valence-corrected chi connectivity index (χ3v) is 3.97. The second-order valence-electron chi connectivity index (χ2n) is 5.31. The molecule has 1 atom stereocenters. The van der Waals surface area contributed by atoms with Crippen LogP contribution in [-0.4, -0.2) is 33.6 Å². The topological polar surface area (TPSA) is 55.3 Å². The van der Waals surface area contributed by atoms with Gasteiger partial charge in [-0.05, 0) is 31.5 Å². The highest BCUT2D eigenvalue weighted by molar-refractivity contribution is 7.84. The van der Waals surface area contributed by atoms with Gasteiger partial charge >= 0.3 is 0 Å². The first kappa shape index (κ1) is 16.4. The molecule has 0 aliphatic rings. The maximum Gasteiger partial charge on any atom is 0.257 e. The number of nitrogens with zero attached hydrogens (tertiary/aromatic N) is 3. The number of hydrogen-bond donors (Lipinski definition) is 0. The Morgan fingerprint density at radius 2 is 1.82 bits per heavy atom. The van der Waals surface area contributed by atoms with Gasteiger partial charge in [-0.3, -0.25) is 4.21 Å². The van der Waals surface area contributed by atoms with Gasteiger partial charge in [0.1, 0.15) is 0 Å². The summed E-state index contributed by atoms with van der Waals surface area (Å²) in [7, 11) is 0.995. The Kier molecular flexibility index (Phi) is 5.49. The van der Waals surface area contributed by atoms with Crippen LogP contribution in [0.15, 0.2) is 41.6 Å². The summed E-state index contributed by atoms with van der Waals surface area (Å²) in [5.41, 5.74) is 1.11. The molecule has 5 nitrogen and oxygen atoms in total. The molecule has 1 heterocycles. The van der Waals surface area contributed by atoms with Crippen LogP contribution in [0.5, 0.6) is 5.88 Å². The summed E-state index contributed by atoms with van der Waals surface area (Å²) in [6.45, 7) is 4.59. The number of ether oxygens (including phenoxy) is 1. The standard InChI is InChI=1S/C16H21N3O2S/c1-12(2)21-16-15(17-9-10-18-16)19(3)11-13-5-7-14(8-6-13)22(4)20/h5-10,12H,11H2,1-4H3. The number of anilines is 1. The van der Waals surface area contributed by atoms with Crippen LogP contribution in [0.1, 0.15) is 19.4 Å². The lowest BCUT2D eigenvalue weighted by Gasteiger charge is -2.21. The maximum absolute atomic E-state index is 11.4. The number of hydrogen-bond acceptors (Lipinski definition) is 5. The summed E-state index contributed by atoms with van der Waals surface area (Å²) in [6, 6.07) is 7.74. The lowest BCUT2D eigenvalue weighted by atomic mass is 10.2. The zero-order chi connectivity index (χ0) is 16.1. The fourth-order valence-corrected chi connectivity index (χ4v) is 2.54. The fraction of sp³-hybridized carbons (Fsp3) is 0.375. The zero-order valence-corrected chi connectivity index (χ0v) is 14.1. The van der Waals surface area contributed by atoms with Crippen molar-refractivity contribution in [1.29, 1.82) is 0 Å². The second-order valence-corrected chi connectivity index (χ2v) is 6.69. The van der Waals surface area contributed by atoms with E-state index in [9.17, 15) is 4.21 Å². The maximum atomic E-state index is 11.4. The molecule has 2 rings (SSSR count). The van der Waals surface area contributed by atoms with E-state index in [-0.39, 0.29) is 6.10 Å². The van der Waals surface area contributed by atoms with Crippen molar-refractivity contribution in [2.75, 3.05) is 18.2 Å². The van der Waals surface area contributed by atoms with Gasteiger partial charge in [0.2, 0.25) is 0 Å². The molecule has 0 saturated heterocycles. The molecule has 0 radical (unpaired) electrons. The molecule has 0 saturated carbocycles. The van der Waals surface area contributed by atoms with Crippen LogP contribution in [0, 0.1) is 0 Å². The lowest BCUT2D eigenvalue weighted by Crippen LogP contribution is -2.20. The summed E-state index contributed by atoms with van der Waals surface area (Å²) in [6.07, 6.45) is 5.00. The molecule has 0 fully saturated rings. The Hall–Kier alpha value is -1.95. The van der Waals surface area contributed by atoms with E-state index in [1.165, 1.54) is 0 Å². The average Bonchev–Trinajstić information content (AvgIpc) is 2.47. The minimum atomic E-state index is -0.952. The van der Waals surface area contributed by atoms with Crippen molar-refractivity contribution in [3.05, 3.63) is 42.2 Å². The van der Waals surface area contributed by atoms with E-state index in [2.05, 4.69) is 9.97 Å². The van der Waals surface area contributed by atoms with Crippen molar-refractivity contribution in [3.8, 4) is 5.88 Å². The van der Waals surface area contributed by atoms with Gasteiger partial charge < -0.3 is 9.64 Å². The molecule has 0 bridgehead atoms. The third-order valence-electron chi connectivity index (χ3n) is 3.03. The lowest BCUT2D eigenvalue weighted by molar-refractivity contribution is 0.232. The number of rotatable bonds is 6. The van der Waals surface area contributed by atoms with E-state index in [0.29, 0.717) is 18.2 Å². The van der Waals surface area contributed by atoms with Crippen LogP contribution in [-0.2, 0) is 17.3 Å². The molecule has 0 aliphatic carbocycles. The Bertz CT molecular complexity index is 644. The first-order valence-electron chi connectivity index (χ1n) is 7.08. The van der Waals surface area contributed by atoms with Gasteiger partial charge in [0.05, 0.1) is 6.10 Å².